The topological polar surface area (TPSA) is 90.2 Å². The number of nitrogens with zero attached hydrogens (tertiary/aromatic N) is 7. The molecule has 0 radical (unpaired) electrons. The van der Waals surface area contributed by atoms with Gasteiger partial charge in [0.05, 0.1) is 6.20 Å². The van der Waals surface area contributed by atoms with Gasteiger partial charge in [0.15, 0.2) is 0 Å². The molecule has 7 nitrogen and oxygen atoms in total. The quantitative estimate of drug-likeness (QED) is 0.306. The highest BCUT2D eigenvalue weighted by Crippen LogP contribution is 2.11. The number of pyridine rings is 1. The van der Waals surface area contributed by atoms with E-state index in [1.54, 1.807) is 37.4 Å². The van der Waals surface area contributed by atoms with Gasteiger partial charge in [0, 0.05) is 42.4 Å². The fourth-order valence-electron chi connectivity index (χ4n) is 2.68. The summed E-state index contributed by atoms with van der Waals surface area (Å²) < 4.78 is 0. The Morgan fingerprint density at radius 1 is 0.444 bits per heavy atom. The number of hydrogen-bond acceptors (Lipinski definition) is 7. The Morgan fingerprint density at radius 3 is 1.14 bits per heavy atom. The van der Waals surface area contributed by atoms with Crippen LogP contribution in [0.25, 0.3) is 0 Å². The molecule has 0 aliphatic carbocycles. The maximum atomic E-state index is 4.07. The summed E-state index contributed by atoms with van der Waals surface area (Å²) >= 11 is 0. The predicted molar refractivity (Wildman–Crippen MR) is 147 cm³/mol. The van der Waals surface area contributed by atoms with Crippen molar-refractivity contribution >= 4 is 0 Å². The molecule has 0 aliphatic rings. The minimum atomic E-state index is 0.507. The van der Waals surface area contributed by atoms with E-state index in [0.29, 0.717) is 23.7 Å². The fourth-order valence-corrected chi connectivity index (χ4v) is 2.68. The molecule has 0 saturated carbocycles. The van der Waals surface area contributed by atoms with E-state index in [-0.39, 0.29) is 0 Å². The average molecular weight is 488 g/mol. The molecule has 4 heterocycles. The lowest BCUT2D eigenvalue weighted by molar-refractivity contribution is 0.814. The third kappa shape index (κ3) is 13.3. The summed E-state index contributed by atoms with van der Waals surface area (Å²) in [6, 6.07) is 9.95. The molecular weight excluding hydrogens is 446 g/mol. The molecule has 4 aromatic heterocycles. The highest BCUT2D eigenvalue weighted by molar-refractivity contribution is 5.13. The van der Waals surface area contributed by atoms with E-state index in [0.717, 1.165) is 11.4 Å². The Labute approximate surface area is 217 Å². The molecule has 0 amide bonds. The molecule has 192 valence electrons. The van der Waals surface area contributed by atoms with E-state index < -0.39 is 0 Å². The van der Waals surface area contributed by atoms with Crippen molar-refractivity contribution in [1.82, 2.24) is 35.1 Å². The lowest BCUT2D eigenvalue weighted by atomic mass is 10.1. The van der Waals surface area contributed by atoms with Crippen molar-refractivity contribution in [2.45, 2.75) is 79.1 Å². The molecule has 0 spiro atoms. The van der Waals surface area contributed by atoms with Crippen molar-refractivity contribution in [2.75, 3.05) is 0 Å². The maximum absolute atomic E-state index is 4.07. The Bertz CT molecular complexity index is 850. The summed E-state index contributed by atoms with van der Waals surface area (Å²) in [6.07, 6.45) is 13.9. The Balaban J connectivity index is 0.000000240. The van der Waals surface area contributed by atoms with Gasteiger partial charge in [0.1, 0.15) is 12.7 Å². The molecule has 36 heavy (non-hydrogen) atoms. The van der Waals surface area contributed by atoms with Crippen molar-refractivity contribution in [3.05, 3.63) is 103 Å². The second-order valence-corrected chi connectivity index (χ2v) is 9.34. The van der Waals surface area contributed by atoms with Crippen molar-refractivity contribution in [1.29, 1.82) is 0 Å². The van der Waals surface area contributed by atoms with Crippen LogP contribution in [0, 0.1) is 0 Å². The van der Waals surface area contributed by atoms with Gasteiger partial charge in [-0.2, -0.15) is 10.2 Å². The molecule has 0 bridgehead atoms. The van der Waals surface area contributed by atoms with Crippen molar-refractivity contribution in [3.63, 3.8) is 0 Å². The van der Waals surface area contributed by atoms with Crippen molar-refractivity contribution in [2.24, 2.45) is 0 Å². The van der Waals surface area contributed by atoms with Crippen molar-refractivity contribution in [3.8, 4) is 0 Å². The first-order valence-corrected chi connectivity index (χ1v) is 12.4. The molecule has 0 N–H and O–H groups in total. The summed E-state index contributed by atoms with van der Waals surface area (Å²) in [6.45, 7) is 17.1. The molecule has 0 saturated heterocycles. The van der Waals surface area contributed by atoms with Gasteiger partial charge in [-0.1, -0.05) is 55.4 Å². The molecule has 0 unspecified atom stereocenters. The molecular formula is C29H41N7. The van der Waals surface area contributed by atoms with Gasteiger partial charge in [0.2, 0.25) is 0 Å². The molecule has 4 rings (SSSR count). The first-order chi connectivity index (χ1) is 17.2. The number of aromatic nitrogens is 7. The van der Waals surface area contributed by atoms with Crippen LogP contribution in [-0.4, -0.2) is 35.1 Å². The van der Waals surface area contributed by atoms with Crippen LogP contribution in [0.3, 0.4) is 0 Å². The molecule has 7 heteroatoms. The van der Waals surface area contributed by atoms with Crippen LogP contribution in [0.2, 0.25) is 0 Å². The van der Waals surface area contributed by atoms with Crippen LogP contribution < -0.4 is 0 Å². The summed E-state index contributed by atoms with van der Waals surface area (Å²) in [5.74, 6) is 2.19. The van der Waals surface area contributed by atoms with Crippen LogP contribution in [0.15, 0.2) is 80.2 Å². The normalized spacial score (nSPS) is 10.1. The second-order valence-electron chi connectivity index (χ2n) is 9.34. The van der Waals surface area contributed by atoms with Gasteiger partial charge >= 0.3 is 0 Å². The maximum Gasteiger partial charge on any atom is 0.115 e. The summed E-state index contributed by atoms with van der Waals surface area (Å²) in [5.41, 5.74) is 4.80. The summed E-state index contributed by atoms with van der Waals surface area (Å²) in [7, 11) is 0. The van der Waals surface area contributed by atoms with Crippen LogP contribution in [0.1, 0.15) is 102 Å². The van der Waals surface area contributed by atoms with E-state index in [2.05, 4.69) is 90.5 Å². The third-order valence-corrected chi connectivity index (χ3v) is 5.04. The lowest BCUT2D eigenvalue weighted by Crippen LogP contribution is -1.90. The van der Waals surface area contributed by atoms with Crippen molar-refractivity contribution < 1.29 is 0 Å². The minimum Gasteiger partial charge on any atom is -0.265 e. The highest BCUT2D eigenvalue weighted by Gasteiger charge is 1.97. The van der Waals surface area contributed by atoms with E-state index in [1.165, 1.54) is 11.1 Å². The van der Waals surface area contributed by atoms with Gasteiger partial charge in [-0.3, -0.25) is 4.98 Å². The van der Waals surface area contributed by atoms with Gasteiger partial charge in [-0.15, -0.1) is 0 Å². The number of rotatable bonds is 4. The molecule has 0 aromatic carbocycles. The Morgan fingerprint density at radius 2 is 0.889 bits per heavy atom. The highest BCUT2D eigenvalue weighted by atomic mass is 15.1. The summed E-state index contributed by atoms with van der Waals surface area (Å²) in [5, 5.41) is 7.43. The molecule has 0 aliphatic heterocycles. The van der Waals surface area contributed by atoms with Gasteiger partial charge in [-0.25, -0.2) is 19.9 Å². The Kier molecular flexibility index (Phi) is 15.0. The predicted octanol–water partition coefficient (Wildman–Crippen LogP) is 7.01. The SMILES string of the molecule is CC(C)c1ccncc1.CC(C)c1ccncn1.CC(C)c1ccncn1.CC(C)c1ccnnc1. The zero-order valence-corrected chi connectivity index (χ0v) is 22.9. The van der Waals surface area contributed by atoms with Gasteiger partial charge in [-0.05, 0) is 65.1 Å². The van der Waals surface area contributed by atoms with E-state index in [4.69, 9.17) is 0 Å². The van der Waals surface area contributed by atoms with Crippen LogP contribution in [0.5, 0.6) is 0 Å². The average Bonchev–Trinajstić information content (AvgIpc) is 2.92. The Hall–Kier alpha value is -3.61. The van der Waals surface area contributed by atoms with Crippen LogP contribution >= 0.6 is 0 Å². The van der Waals surface area contributed by atoms with E-state index in [9.17, 15) is 0 Å². The molecule has 0 atom stereocenters. The van der Waals surface area contributed by atoms with Crippen LogP contribution in [-0.2, 0) is 0 Å². The minimum absolute atomic E-state index is 0.507. The fraction of sp³-hybridized carbons (Fsp3) is 0.414. The molecule has 4 aromatic rings. The zero-order valence-electron chi connectivity index (χ0n) is 22.9. The third-order valence-electron chi connectivity index (χ3n) is 5.04. The van der Waals surface area contributed by atoms with E-state index >= 15 is 0 Å². The zero-order chi connectivity index (χ0) is 26.8. The molecule has 0 fully saturated rings. The second kappa shape index (κ2) is 17.8. The largest absolute Gasteiger partial charge is 0.265 e. The van der Waals surface area contributed by atoms with E-state index in [1.807, 2.05) is 42.7 Å². The number of hydrogen-bond donors (Lipinski definition) is 0. The smallest absolute Gasteiger partial charge is 0.115 e. The van der Waals surface area contributed by atoms with Gasteiger partial charge < -0.3 is 0 Å². The van der Waals surface area contributed by atoms with Crippen LogP contribution in [0.4, 0.5) is 0 Å². The monoisotopic (exact) mass is 487 g/mol. The van der Waals surface area contributed by atoms with Gasteiger partial charge in [0.25, 0.3) is 0 Å². The first-order valence-electron chi connectivity index (χ1n) is 12.4. The first kappa shape index (κ1) is 30.4. The summed E-state index contributed by atoms with van der Waals surface area (Å²) in [4.78, 5) is 19.7. The lowest BCUT2D eigenvalue weighted by Gasteiger charge is -2.01. The standard InChI is InChI=1S/C8H11N.3C7H10N2/c1-7(2)8-3-5-9-6-4-8;2*1-6(2)7-3-4-8-5-9-7;1-6(2)7-3-4-8-9-5-7/h3-7H,1-2H3;3*3-6H,1-2H3.